The number of hydrogen-bond acceptors (Lipinski definition) is 6. The van der Waals surface area contributed by atoms with Crippen molar-refractivity contribution in [3.8, 4) is 0 Å². The lowest BCUT2D eigenvalue weighted by molar-refractivity contribution is -0.385. The van der Waals surface area contributed by atoms with Crippen LogP contribution in [0.1, 0.15) is 25.7 Å². The van der Waals surface area contributed by atoms with Gasteiger partial charge in [0.1, 0.15) is 12.4 Å². The summed E-state index contributed by atoms with van der Waals surface area (Å²) in [5.41, 5.74) is -0.0656. The third-order valence-corrected chi connectivity index (χ3v) is 3.87. The predicted octanol–water partition coefficient (Wildman–Crippen LogP) is 0.389. The second-order valence-corrected chi connectivity index (χ2v) is 5.49. The Morgan fingerprint density at radius 3 is 3.00 bits per heavy atom. The van der Waals surface area contributed by atoms with E-state index in [0.29, 0.717) is 12.6 Å². The minimum Gasteiger partial charge on any atom is -0.396 e. The van der Waals surface area contributed by atoms with Crippen molar-refractivity contribution in [1.82, 2.24) is 14.7 Å². The molecule has 2 rings (SSSR count). The van der Waals surface area contributed by atoms with Crippen LogP contribution in [-0.2, 0) is 6.54 Å². The maximum atomic E-state index is 10.6. The molecule has 1 aromatic heterocycles. The monoisotopic (exact) mass is 298 g/mol. The van der Waals surface area contributed by atoms with Crippen LogP contribution in [0.3, 0.4) is 0 Å². The number of aromatic nitrogens is 2. The van der Waals surface area contributed by atoms with Crippen molar-refractivity contribution in [2.75, 3.05) is 19.7 Å². The first kappa shape index (κ1) is 15.9. The predicted molar refractivity (Wildman–Crippen MR) is 75.8 cm³/mol. The van der Waals surface area contributed by atoms with Gasteiger partial charge in [0.15, 0.2) is 0 Å². The summed E-state index contributed by atoms with van der Waals surface area (Å²) in [6.45, 7) is 1.93. The average molecular weight is 298 g/mol. The zero-order chi connectivity index (χ0) is 15.2. The smallest absolute Gasteiger partial charge is 0.306 e. The Morgan fingerprint density at radius 1 is 1.52 bits per heavy atom. The molecule has 8 heteroatoms. The van der Waals surface area contributed by atoms with Gasteiger partial charge in [0.25, 0.3) is 0 Å². The molecule has 2 N–H and O–H groups in total. The third-order valence-electron chi connectivity index (χ3n) is 3.87. The molecule has 2 heterocycles. The Morgan fingerprint density at radius 2 is 2.33 bits per heavy atom. The van der Waals surface area contributed by atoms with Crippen LogP contribution in [0.4, 0.5) is 5.69 Å². The van der Waals surface area contributed by atoms with Gasteiger partial charge in [0.2, 0.25) is 0 Å². The number of β-amino-alcohol motifs (C(OH)–C–C–N with tert-alkyl or cyclic N) is 1. The van der Waals surface area contributed by atoms with E-state index in [1.807, 2.05) is 0 Å². The lowest BCUT2D eigenvalue weighted by Gasteiger charge is -2.26. The molecule has 0 aromatic carbocycles. The lowest BCUT2D eigenvalue weighted by Crippen LogP contribution is -2.38. The maximum absolute atomic E-state index is 10.6. The van der Waals surface area contributed by atoms with Gasteiger partial charge < -0.3 is 10.2 Å². The van der Waals surface area contributed by atoms with Gasteiger partial charge in [-0.15, -0.1) is 0 Å². The van der Waals surface area contributed by atoms with Gasteiger partial charge in [-0.25, -0.2) is 0 Å². The van der Waals surface area contributed by atoms with Crippen molar-refractivity contribution in [3.05, 3.63) is 22.5 Å². The second-order valence-electron chi connectivity index (χ2n) is 5.49. The van der Waals surface area contributed by atoms with Gasteiger partial charge >= 0.3 is 5.69 Å². The maximum Gasteiger partial charge on any atom is 0.306 e. The minimum absolute atomic E-state index is 0.0656. The first-order chi connectivity index (χ1) is 10.1. The molecule has 0 amide bonds. The molecular formula is C13H22N4O4. The highest BCUT2D eigenvalue weighted by Crippen LogP contribution is 2.21. The van der Waals surface area contributed by atoms with Crippen molar-refractivity contribution in [2.24, 2.45) is 0 Å². The number of nitrogens with zero attached hydrogens (tertiary/aromatic N) is 4. The number of nitro groups is 1. The fourth-order valence-corrected chi connectivity index (χ4v) is 2.88. The van der Waals surface area contributed by atoms with Crippen molar-refractivity contribution in [3.63, 3.8) is 0 Å². The van der Waals surface area contributed by atoms with E-state index in [4.69, 9.17) is 5.11 Å². The zero-order valence-electron chi connectivity index (χ0n) is 12.0. The molecule has 8 nitrogen and oxygen atoms in total. The SMILES string of the molecule is O=[N+]([O-])c1cnn(CC(O)CN2CCCC2CCCO)c1. The molecule has 1 aliphatic heterocycles. The van der Waals surface area contributed by atoms with Gasteiger partial charge in [-0.3, -0.25) is 19.7 Å². The Hall–Kier alpha value is -1.51. The number of likely N-dealkylation sites (tertiary alicyclic amines) is 1. The van der Waals surface area contributed by atoms with Crippen molar-refractivity contribution in [1.29, 1.82) is 0 Å². The Labute approximate surface area is 123 Å². The standard InChI is InChI=1S/C13H22N4O4/c18-6-2-4-11-3-1-5-15(11)9-13(19)10-16-8-12(7-14-16)17(20)21/h7-8,11,13,18-19H,1-6,9-10H2. The van der Waals surface area contributed by atoms with E-state index in [1.165, 1.54) is 17.1 Å². The number of aliphatic hydroxyl groups excluding tert-OH is 2. The van der Waals surface area contributed by atoms with E-state index in [1.54, 1.807) is 0 Å². The minimum atomic E-state index is -0.612. The summed E-state index contributed by atoms with van der Waals surface area (Å²) >= 11 is 0. The highest BCUT2D eigenvalue weighted by Gasteiger charge is 2.26. The number of rotatable bonds is 8. The Balaban J connectivity index is 1.82. The van der Waals surface area contributed by atoms with Crippen LogP contribution >= 0.6 is 0 Å². The molecule has 0 aliphatic carbocycles. The van der Waals surface area contributed by atoms with Crippen molar-refractivity contribution < 1.29 is 15.1 Å². The summed E-state index contributed by atoms with van der Waals surface area (Å²) < 4.78 is 1.40. The molecule has 1 saturated heterocycles. The van der Waals surface area contributed by atoms with E-state index in [0.717, 1.165) is 32.2 Å². The normalized spacial score (nSPS) is 20.8. The van der Waals surface area contributed by atoms with E-state index in [-0.39, 0.29) is 18.8 Å². The zero-order valence-corrected chi connectivity index (χ0v) is 12.0. The molecule has 0 saturated carbocycles. The van der Waals surface area contributed by atoms with Crippen molar-refractivity contribution in [2.45, 2.75) is 44.4 Å². The molecule has 2 atom stereocenters. The fourth-order valence-electron chi connectivity index (χ4n) is 2.88. The molecule has 1 fully saturated rings. The van der Waals surface area contributed by atoms with Gasteiger partial charge in [-0.2, -0.15) is 5.10 Å². The van der Waals surface area contributed by atoms with Crippen LogP contribution in [0.5, 0.6) is 0 Å². The molecule has 118 valence electrons. The Bertz CT molecular complexity index is 465. The average Bonchev–Trinajstić information content (AvgIpc) is 3.06. The highest BCUT2D eigenvalue weighted by atomic mass is 16.6. The molecule has 21 heavy (non-hydrogen) atoms. The largest absolute Gasteiger partial charge is 0.396 e. The van der Waals surface area contributed by atoms with Crippen LogP contribution in [0.15, 0.2) is 12.4 Å². The molecule has 0 spiro atoms. The summed E-state index contributed by atoms with van der Waals surface area (Å²) in [5.74, 6) is 0. The van der Waals surface area contributed by atoms with Crippen LogP contribution in [0.2, 0.25) is 0 Å². The van der Waals surface area contributed by atoms with E-state index < -0.39 is 11.0 Å². The van der Waals surface area contributed by atoms with Crippen molar-refractivity contribution >= 4 is 5.69 Å². The first-order valence-electron chi connectivity index (χ1n) is 7.30. The number of aliphatic hydroxyl groups is 2. The Kier molecular flexibility index (Phi) is 5.66. The van der Waals surface area contributed by atoms with Gasteiger partial charge in [-0.1, -0.05) is 0 Å². The lowest BCUT2D eigenvalue weighted by atomic mass is 10.1. The fraction of sp³-hybridized carbons (Fsp3) is 0.769. The molecule has 2 unspecified atom stereocenters. The van der Waals surface area contributed by atoms with Gasteiger partial charge in [0.05, 0.1) is 17.6 Å². The molecule has 0 radical (unpaired) electrons. The van der Waals surface area contributed by atoms with E-state index in [9.17, 15) is 15.2 Å². The van der Waals surface area contributed by atoms with Gasteiger partial charge in [-0.05, 0) is 32.2 Å². The summed E-state index contributed by atoms with van der Waals surface area (Å²) in [6, 6.07) is 0.416. The first-order valence-corrected chi connectivity index (χ1v) is 7.30. The van der Waals surface area contributed by atoms with Crippen LogP contribution < -0.4 is 0 Å². The topological polar surface area (TPSA) is 105 Å². The van der Waals surface area contributed by atoms with E-state index >= 15 is 0 Å². The quantitative estimate of drug-likeness (QED) is 0.531. The van der Waals surface area contributed by atoms with Crippen LogP contribution in [0, 0.1) is 10.1 Å². The summed E-state index contributed by atoms with van der Waals surface area (Å²) in [6.07, 6.45) is 5.83. The third kappa shape index (κ3) is 4.48. The van der Waals surface area contributed by atoms with Crippen LogP contribution in [0.25, 0.3) is 0 Å². The summed E-state index contributed by atoms with van der Waals surface area (Å²) in [4.78, 5) is 12.3. The second kappa shape index (κ2) is 7.48. The molecule has 0 bridgehead atoms. The molecule has 1 aromatic rings. The molecular weight excluding hydrogens is 276 g/mol. The molecule has 1 aliphatic rings. The summed E-state index contributed by atoms with van der Waals surface area (Å²) in [5, 5.41) is 33.5. The summed E-state index contributed by atoms with van der Waals surface area (Å²) in [7, 11) is 0. The van der Waals surface area contributed by atoms with E-state index in [2.05, 4.69) is 10.00 Å². The number of hydrogen-bond donors (Lipinski definition) is 2. The van der Waals surface area contributed by atoms with Crippen LogP contribution in [-0.4, -0.2) is 61.7 Å². The van der Waals surface area contributed by atoms with Gasteiger partial charge in [0, 0.05) is 19.2 Å². The highest BCUT2D eigenvalue weighted by molar-refractivity contribution is 5.20.